The smallest absolute Gasteiger partial charge is 0.347 e. The molecule has 0 atom stereocenters. The van der Waals surface area contributed by atoms with Gasteiger partial charge in [0.2, 0.25) is 5.91 Å². The van der Waals surface area contributed by atoms with Crippen LogP contribution in [0.4, 0.5) is 5.13 Å². The summed E-state index contributed by atoms with van der Waals surface area (Å²) in [6.45, 7) is 1.48. The Morgan fingerprint density at radius 3 is 3.07 bits per heavy atom. The number of piperazine rings is 1. The first-order chi connectivity index (χ1) is 7.16. The fraction of sp³-hybridized carbons (Fsp3) is 0.375. The number of nitrogens with zero attached hydrogens (tertiary/aromatic N) is 2. The second kappa shape index (κ2) is 3.85. The lowest BCUT2D eigenvalue weighted by Crippen LogP contribution is -2.47. The van der Waals surface area contributed by atoms with Gasteiger partial charge in [0, 0.05) is 13.1 Å². The molecule has 0 radical (unpaired) electrons. The maximum atomic E-state index is 11.1. The van der Waals surface area contributed by atoms with Gasteiger partial charge in [0.15, 0.2) is 5.13 Å². The van der Waals surface area contributed by atoms with Crippen molar-refractivity contribution in [3.63, 3.8) is 0 Å². The molecule has 7 heteroatoms. The Hall–Kier alpha value is -1.63. The number of rotatable bonds is 2. The predicted molar refractivity (Wildman–Crippen MR) is 54.3 cm³/mol. The molecule has 0 bridgehead atoms. The van der Waals surface area contributed by atoms with E-state index >= 15 is 0 Å². The standard InChI is InChI=1S/C8H9N3O3S/c12-6-4-11(2-1-9-6)8-10-3-5(15-8)7(13)14/h3H,1-2,4H2,(H,9,12)(H,13,14). The summed E-state index contributed by atoms with van der Waals surface area (Å²) in [4.78, 5) is 27.7. The van der Waals surface area contributed by atoms with E-state index in [1.54, 1.807) is 4.90 Å². The zero-order chi connectivity index (χ0) is 10.8. The maximum Gasteiger partial charge on any atom is 0.347 e. The number of hydrogen-bond acceptors (Lipinski definition) is 5. The van der Waals surface area contributed by atoms with Crippen molar-refractivity contribution in [2.75, 3.05) is 24.5 Å². The average Bonchev–Trinajstić information content (AvgIpc) is 2.66. The number of hydrogen-bond donors (Lipinski definition) is 2. The third kappa shape index (κ3) is 2.07. The molecule has 0 aromatic carbocycles. The summed E-state index contributed by atoms with van der Waals surface area (Å²) >= 11 is 1.08. The van der Waals surface area contributed by atoms with Crippen molar-refractivity contribution < 1.29 is 14.7 Å². The van der Waals surface area contributed by atoms with Gasteiger partial charge in [-0.25, -0.2) is 9.78 Å². The van der Waals surface area contributed by atoms with Gasteiger partial charge in [0.25, 0.3) is 0 Å². The van der Waals surface area contributed by atoms with Crippen molar-refractivity contribution in [1.82, 2.24) is 10.3 Å². The van der Waals surface area contributed by atoms with E-state index in [1.807, 2.05) is 0 Å². The number of carboxylic acid groups (broad SMARTS) is 1. The van der Waals surface area contributed by atoms with Crippen LogP contribution in [0.2, 0.25) is 0 Å². The molecule has 0 spiro atoms. The SMILES string of the molecule is O=C1CN(c2ncc(C(=O)O)s2)CCN1. The number of amides is 1. The average molecular weight is 227 g/mol. The van der Waals surface area contributed by atoms with Crippen LogP contribution in [-0.4, -0.2) is 41.6 Å². The van der Waals surface area contributed by atoms with Gasteiger partial charge in [-0.15, -0.1) is 0 Å². The number of aromatic nitrogens is 1. The summed E-state index contributed by atoms with van der Waals surface area (Å²) in [5, 5.41) is 12.0. The Balaban J connectivity index is 2.14. The van der Waals surface area contributed by atoms with Crippen LogP contribution in [0.25, 0.3) is 0 Å². The van der Waals surface area contributed by atoms with Crippen LogP contribution in [0.3, 0.4) is 0 Å². The van der Waals surface area contributed by atoms with E-state index in [-0.39, 0.29) is 17.3 Å². The second-order valence-corrected chi connectivity index (χ2v) is 4.09. The molecule has 2 rings (SSSR count). The van der Waals surface area contributed by atoms with Gasteiger partial charge in [-0.2, -0.15) is 0 Å². The fourth-order valence-corrected chi connectivity index (χ4v) is 2.09. The summed E-state index contributed by atoms with van der Waals surface area (Å²) in [5.74, 6) is -1.05. The number of nitrogens with one attached hydrogen (secondary N) is 1. The second-order valence-electron chi connectivity index (χ2n) is 3.08. The summed E-state index contributed by atoms with van der Waals surface area (Å²) in [7, 11) is 0. The lowest BCUT2D eigenvalue weighted by atomic mass is 10.4. The first kappa shape index (κ1) is 9.91. The molecule has 0 aliphatic carbocycles. The van der Waals surface area contributed by atoms with Crippen LogP contribution in [0, 0.1) is 0 Å². The molecule has 0 saturated carbocycles. The molecule has 1 aromatic rings. The van der Waals surface area contributed by atoms with Crippen molar-refractivity contribution >= 4 is 28.3 Å². The van der Waals surface area contributed by atoms with E-state index in [4.69, 9.17) is 5.11 Å². The minimum Gasteiger partial charge on any atom is -0.477 e. The van der Waals surface area contributed by atoms with Gasteiger partial charge in [0.1, 0.15) is 4.88 Å². The Labute approximate surface area is 89.5 Å². The fourth-order valence-electron chi connectivity index (χ4n) is 1.31. The molecule has 0 unspecified atom stereocenters. The molecule has 6 nitrogen and oxygen atoms in total. The Bertz CT molecular complexity index is 404. The Morgan fingerprint density at radius 1 is 1.67 bits per heavy atom. The summed E-state index contributed by atoms with van der Waals surface area (Å²) < 4.78 is 0. The monoisotopic (exact) mass is 227 g/mol. The molecule has 1 aromatic heterocycles. The molecule has 1 fully saturated rings. The first-order valence-corrected chi connectivity index (χ1v) is 5.19. The molecular weight excluding hydrogens is 218 g/mol. The summed E-state index contributed by atoms with van der Waals surface area (Å²) in [6, 6.07) is 0. The molecular formula is C8H9N3O3S. The summed E-state index contributed by atoms with van der Waals surface area (Å²) in [6.07, 6.45) is 1.31. The van der Waals surface area contributed by atoms with Gasteiger partial charge in [0.05, 0.1) is 12.7 Å². The highest BCUT2D eigenvalue weighted by Crippen LogP contribution is 2.22. The number of anilines is 1. The van der Waals surface area contributed by atoms with Gasteiger partial charge in [-0.1, -0.05) is 11.3 Å². The quantitative estimate of drug-likeness (QED) is 0.729. The topological polar surface area (TPSA) is 82.5 Å². The van der Waals surface area contributed by atoms with Crippen molar-refractivity contribution in [2.24, 2.45) is 0 Å². The highest BCUT2D eigenvalue weighted by atomic mass is 32.1. The lowest BCUT2D eigenvalue weighted by molar-refractivity contribution is -0.120. The van der Waals surface area contributed by atoms with Gasteiger partial charge >= 0.3 is 5.97 Å². The minimum atomic E-state index is -0.986. The molecule has 2 N–H and O–H groups in total. The van der Waals surface area contributed by atoms with Crippen LogP contribution < -0.4 is 10.2 Å². The lowest BCUT2D eigenvalue weighted by Gasteiger charge is -2.25. The number of carboxylic acids is 1. The van der Waals surface area contributed by atoms with Gasteiger partial charge in [-0.05, 0) is 0 Å². The number of carbonyl (C=O) groups is 2. The van der Waals surface area contributed by atoms with E-state index < -0.39 is 5.97 Å². The van der Waals surface area contributed by atoms with Crippen molar-refractivity contribution in [3.8, 4) is 0 Å². The van der Waals surface area contributed by atoms with Crippen molar-refractivity contribution in [2.45, 2.75) is 0 Å². The molecule has 15 heavy (non-hydrogen) atoms. The highest BCUT2D eigenvalue weighted by Gasteiger charge is 2.20. The molecule has 1 saturated heterocycles. The molecule has 1 amide bonds. The molecule has 80 valence electrons. The van der Waals surface area contributed by atoms with E-state index in [1.165, 1.54) is 6.20 Å². The van der Waals surface area contributed by atoms with Crippen LogP contribution in [0.1, 0.15) is 9.67 Å². The normalized spacial score (nSPS) is 16.3. The highest BCUT2D eigenvalue weighted by molar-refractivity contribution is 7.17. The number of thiazole rings is 1. The number of aromatic carboxylic acids is 1. The zero-order valence-electron chi connectivity index (χ0n) is 7.77. The van der Waals surface area contributed by atoms with E-state index in [2.05, 4.69) is 10.3 Å². The van der Waals surface area contributed by atoms with Crippen LogP contribution in [-0.2, 0) is 4.79 Å². The van der Waals surface area contributed by atoms with Crippen LogP contribution in [0.5, 0.6) is 0 Å². The van der Waals surface area contributed by atoms with Gasteiger partial charge < -0.3 is 15.3 Å². The van der Waals surface area contributed by atoms with Gasteiger partial charge in [-0.3, -0.25) is 4.79 Å². The summed E-state index contributed by atoms with van der Waals surface area (Å²) in [5.41, 5.74) is 0. The van der Waals surface area contributed by atoms with Crippen LogP contribution in [0.15, 0.2) is 6.20 Å². The number of carbonyl (C=O) groups excluding carboxylic acids is 1. The molecule has 2 heterocycles. The third-order valence-corrected chi connectivity index (χ3v) is 3.06. The zero-order valence-corrected chi connectivity index (χ0v) is 8.58. The largest absolute Gasteiger partial charge is 0.477 e. The van der Waals surface area contributed by atoms with Crippen molar-refractivity contribution in [1.29, 1.82) is 0 Å². The maximum absolute atomic E-state index is 11.1. The predicted octanol–water partition coefficient (Wildman–Crippen LogP) is -0.223. The Kier molecular flexibility index (Phi) is 2.55. The first-order valence-electron chi connectivity index (χ1n) is 4.37. The molecule has 1 aliphatic heterocycles. The van der Waals surface area contributed by atoms with E-state index in [0.717, 1.165) is 11.3 Å². The minimum absolute atomic E-state index is 0.0617. The molecule has 1 aliphatic rings. The van der Waals surface area contributed by atoms with Crippen LogP contribution >= 0.6 is 11.3 Å². The van der Waals surface area contributed by atoms with Crippen molar-refractivity contribution in [3.05, 3.63) is 11.1 Å². The van der Waals surface area contributed by atoms with E-state index in [0.29, 0.717) is 18.2 Å². The third-order valence-electron chi connectivity index (χ3n) is 2.01. The van der Waals surface area contributed by atoms with E-state index in [9.17, 15) is 9.59 Å². The Morgan fingerprint density at radius 2 is 2.47 bits per heavy atom.